The highest BCUT2D eigenvalue weighted by atomic mass is 19.3. The fraction of sp³-hybridized carbons (Fsp3) is 0.500. The molecule has 0 aliphatic heterocycles. The summed E-state index contributed by atoms with van der Waals surface area (Å²) in [5.41, 5.74) is 6.21. The second kappa shape index (κ2) is 6.34. The number of anilines is 1. The molecule has 0 fully saturated rings. The lowest BCUT2D eigenvalue weighted by molar-refractivity contribution is 0.0746. The zero-order chi connectivity index (χ0) is 12.0. The van der Waals surface area contributed by atoms with E-state index in [0.29, 0.717) is 12.4 Å². The lowest BCUT2D eigenvalue weighted by Crippen LogP contribution is -2.31. The Balaban J connectivity index is 2.56. The van der Waals surface area contributed by atoms with Crippen molar-refractivity contribution >= 4 is 5.82 Å². The van der Waals surface area contributed by atoms with E-state index in [9.17, 15) is 8.78 Å². The summed E-state index contributed by atoms with van der Waals surface area (Å²) in [6, 6.07) is 3.35. The van der Waals surface area contributed by atoms with Gasteiger partial charge in [-0.25, -0.2) is 13.8 Å². The molecular weight excluding hydrogens is 216 g/mol. The van der Waals surface area contributed by atoms with E-state index in [4.69, 9.17) is 10.8 Å². The molecule has 0 aliphatic carbocycles. The number of hydrogen-bond acceptors (Lipinski definition) is 4. The Labute approximate surface area is 92.7 Å². The number of rotatable bonds is 6. The highest BCUT2D eigenvalue weighted by Gasteiger charge is 2.11. The van der Waals surface area contributed by atoms with Crippen LogP contribution in [-0.4, -0.2) is 41.1 Å². The fourth-order valence-electron chi connectivity index (χ4n) is 1.36. The molecule has 0 aromatic carbocycles. The van der Waals surface area contributed by atoms with E-state index in [-0.39, 0.29) is 19.7 Å². The lowest BCUT2D eigenvalue weighted by Gasteiger charge is -2.20. The Morgan fingerprint density at radius 2 is 2.19 bits per heavy atom. The summed E-state index contributed by atoms with van der Waals surface area (Å²) in [7, 11) is 0. The highest BCUT2D eigenvalue weighted by Crippen LogP contribution is 2.07. The molecule has 1 heterocycles. The van der Waals surface area contributed by atoms with Crippen molar-refractivity contribution in [2.75, 3.05) is 25.4 Å². The van der Waals surface area contributed by atoms with Crippen LogP contribution in [0.1, 0.15) is 5.56 Å². The average molecular weight is 231 g/mol. The smallest absolute Gasteiger partial charge is 0.251 e. The maximum absolute atomic E-state index is 12.2. The average Bonchev–Trinajstić information content (AvgIpc) is 2.21. The van der Waals surface area contributed by atoms with Gasteiger partial charge < -0.3 is 10.8 Å². The molecule has 0 saturated carbocycles. The molecule has 16 heavy (non-hydrogen) atoms. The van der Waals surface area contributed by atoms with Crippen LogP contribution in [0, 0.1) is 0 Å². The van der Waals surface area contributed by atoms with Crippen molar-refractivity contribution in [1.29, 1.82) is 0 Å². The molecule has 1 rings (SSSR count). The first-order valence-electron chi connectivity index (χ1n) is 4.93. The van der Waals surface area contributed by atoms with E-state index < -0.39 is 6.43 Å². The second-order valence-electron chi connectivity index (χ2n) is 3.44. The summed E-state index contributed by atoms with van der Waals surface area (Å²) in [5.74, 6) is 0.395. The number of alkyl halides is 2. The lowest BCUT2D eigenvalue weighted by atomic mass is 10.2. The minimum atomic E-state index is -2.41. The fourth-order valence-corrected chi connectivity index (χ4v) is 1.36. The first-order valence-corrected chi connectivity index (χ1v) is 4.93. The van der Waals surface area contributed by atoms with Gasteiger partial charge in [0.05, 0.1) is 13.2 Å². The Morgan fingerprint density at radius 1 is 1.44 bits per heavy atom. The topological polar surface area (TPSA) is 62.4 Å². The number of nitrogen functional groups attached to an aromatic ring is 1. The molecule has 0 bridgehead atoms. The molecule has 0 atom stereocenters. The maximum atomic E-state index is 12.2. The first-order chi connectivity index (χ1) is 7.61. The van der Waals surface area contributed by atoms with Crippen LogP contribution in [0.4, 0.5) is 14.6 Å². The van der Waals surface area contributed by atoms with Gasteiger partial charge in [0, 0.05) is 19.3 Å². The van der Waals surface area contributed by atoms with Gasteiger partial charge in [0.1, 0.15) is 5.82 Å². The van der Waals surface area contributed by atoms with Gasteiger partial charge in [-0.2, -0.15) is 0 Å². The molecule has 0 aliphatic rings. The van der Waals surface area contributed by atoms with Crippen molar-refractivity contribution in [3.05, 3.63) is 23.9 Å². The third-order valence-electron chi connectivity index (χ3n) is 2.07. The van der Waals surface area contributed by atoms with Crippen molar-refractivity contribution in [2.24, 2.45) is 0 Å². The third-order valence-corrected chi connectivity index (χ3v) is 2.07. The normalized spacial score (nSPS) is 11.3. The van der Waals surface area contributed by atoms with Gasteiger partial charge >= 0.3 is 0 Å². The zero-order valence-corrected chi connectivity index (χ0v) is 8.81. The summed E-state index contributed by atoms with van der Waals surface area (Å²) < 4.78 is 24.4. The largest absolute Gasteiger partial charge is 0.395 e. The molecule has 0 saturated heterocycles. The van der Waals surface area contributed by atoms with Crippen LogP contribution in [0.5, 0.6) is 0 Å². The number of nitrogens with zero attached hydrogens (tertiary/aromatic N) is 2. The Morgan fingerprint density at radius 3 is 2.69 bits per heavy atom. The quantitative estimate of drug-likeness (QED) is 0.757. The van der Waals surface area contributed by atoms with Gasteiger partial charge in [-0.3, -0.25) is 4.90 Å². The molecule has 6 heteroatoms. The van der Waals surface area contributed by atoms with Crippen molar-refractivity contribution < 1.29 is 13.9 Å². The monoisotopic (exact) mass is 231 g/mol. The van der Waals surface area contributed by atoms with E-state index in [0.717, 1.165) is 5.56 Å². The number of hydrogen-bond donors (Lipinski definition) is 2. The molecule has 3 N–H and O–H groups in total. The van der Waals surface area contributed by atoms with E-state index in [1.54, 1.807) is 18.3 Å². The number of aliphatic hydroxyl groups is 1. The standard InChI is InChI=1S/C10H15F2N3O/c11-9(12)7-15(3-4-16)6-8-1-2-10(13)14-5-8/h1-2,5,9,16H,3-4,6-7H2,(H2,13,14). The second-order valence-corrected chi connectivity index (χ2v) is 3.44. The van der Waals surface area contributed by atoms with Crippen LogP contribution in [0.3, 0.4) is 0 Å². The number of aromatic nitrogens is 1. The van der Waals surface area contributed by atoms with Crippen LogP contribution < -0.4 is 5.73 Å². The van der Waals surface area contributed by atoms with Gasteiger partial charge in [-0.15, -0.1) is 0 Å². The molecule has 0 radical (unpaired) electrons. The van der Waals surface area contributed by atoms with Crippen molar-refractivity contribution in [3.8, 4) is 0 Å². The number of nitrogens with two attached hydrogens (primary N) is 1. The highest BCUT2D eigenvalue weighted by molar-refractivity contribution is 5.29. The van der Waals surface area contributed by atoms with E-state index >= 15 is 0 Å². The van der Waals surface area contributed by atoms with E-state index in [1.807, 2.05) is 0 Å². The molecule has 1 aromatic rings. The Bertz CT molecular complexity index is 305. The number of halogens is 2. The summed E-state index contributed by atoms with van der Waals surface area (Å²) in [6.07, 6.45) is -0.862. The van der Waals surface area contributed by atoms with Gasteiger partial charge in [0.15, 0.2) is 0 Å². The SMILES string of the molecule is Nc1ccc(CN(CCO)CC(F)F)cn1. The van der Waals surface area contributed by atoms with Crippen LogP contribution in [-0.2, 0) is 6.54 Å². The van der Waals surface area contributed by atoms with Gasteiger partial charge in [0.2, 0.25) is 0 Å². The number of aliphatic hydroxyl groups excluding tert-OH is 1. The van der Waals surface area contributed by atoms with Crippen LogP contribution in [0.2, 0.25) is 0 Å². The molecule has 4 nitrogen and oxygen atoms in total. The van der Waals surface area contributed by atoms with Crippen LogP contribution in [0.25, 0.3) is 0 Å². The molecule has 1 aromatic heterocycles. The molecule has 0 unspecified atom stereocenters. The predicted molar refractivity (Wildman–Crippen MR) is 57.0 cm³/mol. The first kappa shape index (κ1) is 12.8. The predicted octanol–water partition coefficient (Wildman–Crippen LogP) is 0.723. The summed E-state index contributed by atoms with van der Waals surface area (Å²) >= 11 is 0. The minimum Gasteiger partial charge on any atom is -0.395 e. The third kappa shape index (κ3) is 4.50. The van der Waals surface area contributed by atoms with Crippen LogP contribution >= 0.6 is 0 Å². The van der Waals surface area contributed by atoms with Gasteiger partial charge in [0.25, 0.3) is 6.43 Å². The zero-order valence-electron chi connectivity index (χ0n) is 8.81. The minimum absolute atomic E-state index is 0.144. The summed E-state index contributed by atoms with van der Waals surface area (Å²) in [4.78, 5) is 5.34. The molecule has 0 spiro atoms. The van der Waals surface area contributed by atoms with Crippen LogP contribution in [0.15, 0.2) is 18.3 Å². The van der Waals surface area contributed by atoms with E-state index in [2.05, 4.69) is 4.98 Å². The summed E-state index contributed by atoms with van der Waals surface area (Å²) in [6.45, 7) is 0.0486. The Kier molecular flexibility index (Phi) is 5.07. The number of pyridine rings is 1. The van der Waals surface area contributed by atoms with Crippen molar-refractivity contribution in [2.45, 2.75) is 13.0 Å². The van der Waals surface area contributed by atoms with Crippen molar-refractivity contribution in [3.63, 3.8) is 0 Å². The maximum Gasteiger partial charge on any atom is 0.251 e. The van der Waals surface area contributed by atoms with Crippen molar-refractivity contribution in [1.82, 2.24) is 9.88 Å². The van der Waals surface area contributed by atoms with Gasteiger partial charge in [-0.1, -0.05) is 6.07 Å². The Hall–Kier alpha value is -1.27. The molecular formula is C10H15F2N3O. The summed E-state index contributed by atoms with van der Waals surface area (Å²) in [5, 5.41) is 8.75. The van der Waals surface area contributed by atoms with Gasteiger partial charge in [-0.05, 0) is 11.6 Å². The molecule has 0 amide bonds. The molecule has 90 valence electrons. The van der Waals surface area contributed by atoms with E-state index in [1.165, 1.54) is 4.90 Å².